The highest BCUT2D eigenvalue weighted by Gasteiger charge is 2.27. The minimum Gasteiger partial charge on any atom is -0.476 e. The number of thiazole rings is 1. The van der Waals surface area contributed by atoms with Gasteiger partial charge in [0.25, 0.3) is 0 Å². The van der Waals surface area contributed by atoms with Crippen molar-refractivity contribution in [2.24, 2.45) is 0 Å². The number of thiophene rings is 1. The molecular weight excluding hydrogens is 308 g/mol. The van der Waals surface area contributed by atoms with Crippen LogP contribution in [0.2, 0.25) is 0 Å². The Kier molecular flexibility index (Phi) is 4.03. The number of rotatable bonds is 4. The number of nitrogens with zero attached hydrogens (tertiary/aromatic N) is 1. The van der Waals surface area contributed by atoms with Gasteiger partial charge in [0.1, 0.15) is 5.01 Å². The number of nitrogens with one attached hydrogen (secondary N) is 1. The van der Waals surface area contributed by atoms with Crippen LogP contribution in [-0.4, -0.2) is 22.0 Å². The monoisotopic (exact) mass is 322 g/mol. The van der Waals surface area contributed by atoms with Crippen molar-refractivity contribution in [2.45, 2.75) is 31.7 Å². The molecule has 1 atom stereocenters. The molecule has 0 fully saturated rings. The van der Waals surface area contributed by atoms with E-state index in [1.165, 1.54) is 21.6 Å². The van der Waals surface area contributed by atoms with Crippen LogP contribution in [0.15, 0.2) is 16.8 Å². The molecule has 5 nitrogen and oxygen atoms in total. The quantitative estimate of drug-likeness (QED) is 0.907. The maximum Gasteiger partial charge on any atom is 0.355 e. The van der Waals surface area contributed by atoms with Crippen molar-refractivity contribution in [3.8, 4) is 0 Å². The number of amides is 1. The first kappa shape index (κ1) is 14.2. The van der Waals surface area contributed by atoms with Gasteiger partial charge in [-0.1, -0.05) is 0 Å². The summed E-state index contributed by atoms with van der Waals surface area (Å²) in [5.41, 5.74) is 1.18. The number of hydrogen-bond donors (Lipinski definition) is 2. The molecule has 7 heteroatoms. The van der Waals surface area contributed by atoms with Crippen LogP contribution in [0, 0.1) is 0 Å². The summed E-state index contributed by atoms with van der Waals surface area (Å²) in [6.07, 6.45) is 2.96. The predicted molar refractivity (Wildman–Crippen MR) is 80.9 cm³/mol. The van der Waals surface area contributed by atoms with Crippen molar-refractivity contribution < 1.29 is 14.7 Å². The van der Waals surface area contributed by atoms with Crippen LogP contribution in [0.4, 0.5) is 0 Å². The third-order valence-electron chi connectivity index (χ3n) is 3.55. The third kappa shape index (κ3) is 2.98. The Labute approximate surface area is 129 Å². The van der Waals surface area contributed by atoms with Gasteiger partial charge in [-0.25, -0.2) is 9.78 Å². The van der Waals surface area contributed by atoms with Gasteiger partial charge in [-0.05, 0) is 36.3 Å². The summed E-state index contributed by atoms with van der Waals surface area (Å²) in [7, 11) is 0. The van der Waals surface area contributed by atoms with E-state index in [4.69, 9.17) is 5.11 Å². The van der Waals surface area contributed by atoms with Gasteiger partial charge in [0.05, 0.1) is 12.5 Å². The van der Waals surface area contributed by atoms with Gasteiger partial charge in [-0.2, -0.15) is 0 Å². The van der Waals surface area contributed by atoms with Crippen LogP contribution >= 0.6 is 22.7 Å². The number of aromatic nitrogens is 1. The SMILES string of the molecule is O=C(O)c1csc(CNC(=O)C2CCCc3sccc32)n1. The molecule has 21 heavy (non-hydrogen) atoms. The average Bonchev–Trinajstić information content (AvgIpc) is 3.12. The molecule has 0 aliphatic heterocycles. The number of aromatic carboxylic acids is 1. The summed E-state index contributed by atoms with van der Waals surface area (Å²) in [4.78, 5) is 28.4. The highest BCUT2D eigenvalue weighted by atomic mass is 32.1. The van der Waals surface area contributed by atoms with Crippen molar-refractivity contribution >= 4 is 34.6 Å². The summed E-state index contributed by atoms with van der Waals surface area (Å²) in [5.74, 6) is -1.13. The summed E-state index contributed by atoms with van der Waals surface area (Å²) < 4.78 is 0. The van der Waals surface area contributed by atoms with E-state index in [9.17, 15) is 9.59 Å². The smallest absolute Gasteiger partial charge is 0.355 e. The molecule has 1 amide bonds. The standard InChI is InChI=1S/C14H14N2O3S2/c17-13(9-2-1-3-11-8(9)4-5-20-11)15-6-12-16-10(7-21-12)14(18)19/h4-5,7,9H,1-3,6H2,(H,15,17)(H,18,19). The van der Waals surface area contributed by atoms with Crippen molar-refractivity contribution in [1.29, 1.82) is 0 Å². The van der Waals surface area contributed by atoms with E-state index in [0.29, 0.717) is 5.01 Å². The molecule has 3 rings (SSSR count). The van der Waals surface area contributed by atoms with E-state index in [0.717, 1.165) is 24.8 Å². The molecule has 2 aromatic rings. The minimum atomic E-state index is -1.04. The van der Waals surface area contributed by atoms with E-state index in [1.807, 2.05) is 11.4 Å². The molecule has 0 saturated carbocycles. The Hall–Kier alpha value is -1.73. The van der Waals surface area contributed by atoms with Gasteiger partial charge in [0.2, 0.25) is 5.91 Å². The zero-order chi connectivity index (χ0) is 14.8. The predicted octanol–water partition coefficient (Wildman–Crippen LogP) is 2.64. The number of fused-ring (bicyclic) bond motifs is 1. The maximum absolute atomic E-state index is 12.3. The molecule has 0 spiro atoms. The van der Waals surface area contributed by atoms with Crippen molar-refractivity contribution in [1.82, 2.24) is 10.3 Å². The second-order valence-corrected chi connectivity index (χ2v) is 6.84. The topological polar surface area (TPSA) is 79.3 Å². The summed E-state index contributed by atoms with van der Waals surface area (Å²) in [6, 6.07) is 2.04. The molecule has 0 bridgehead atoms. The van der Waals surface area contributed by atoms with Gasteiger partial charge >= 0.3 is 5.97 Å². The van der Waals surface area contributed by atoms with Gasteiger partial charge < -0.3 is 10.4 Å². The van der Waals surface area contributed by atoms with Crippen LogP contribution < -0.4 is 5.32 Å². The van der Waals surface area contributed by atoms with E-state index < -0.39 is 5.97 Å². The number of aryl methyl sites for hydroxylation is 1. The lowest BCUT2D eigenvalue weighted by Gasteiger charge is -2.21. The number of hydrogen-bond acceptors (Lipinski definition) is 5. The molecule has 0 aromatic carbocycles. The Morgan fingerprint density at radius 2 is 2.29 bits per heavy atom. The number of carbonyl (C=O) groups excluding carboxylic acids is 1. The molecule has 2 aromatic heterocycles. The first-order valence-electron chi connectivity index (χ1n) is 6.67. The highest BCUT2D eigenvalue weighted by Crippen LogP contribution is 2.35. The normalized spacial score (nSPS) is 17.2. The Balaban J connectivity index is 1.63. The minimum absolute atomic E-state index is 0.00132. The fraction of sp³-hybridized carbons (Fsp3) is 0.357. The molecule has 0 saturated heterocycles. The lowest BCUT2D eigenvalue weighted by atomic mass is 9.87. The van der Waals surface area contributed by atoms with Gasteiger partial charge in [0, 0.05) is 10.3 Å². The molecular formula is C14H14N2O3S2. The van der Waals surface area contributed by atoms with Gasteiger partial charge in [-0.3, -0.25) is 4.79 Å². The van der Waals surface area contributed by atoms with Crippen LogP contribution in [0.25, 0.3) is 0 Å². The van der Waals surface area contributed by atoms with Crippen LogP contribution in [0.3, 0.4) is 0 Å². The fourth-order valence-corrected chi connectivity index (χ4v) is 4.23. The van der Waals surface area contributed by atoms with E-state index in [1.54, 1.807) is 11.3 Å². The summed E-state index contributed by atoms with van der Waals surface area (Å²) in [5, 5.41) is 15.8. The first-order valence-corrected chi connectivity index (χ1v) is 8.42. The lowest BCUT2D eigenvalue weighted by Crippen LogP contribution is -2.30. The maximum atomic E-state index is 12.3. The van der Waals surface area contributed by atoms with Crippen LogP contribution in [0.5, 0.6) is 0 Å². The van der Waals surface area contributed by atoms with Crippen LogP contribution in [0.1, 0.15) is 44.7 Å². The van der Waals surface area contributed by atoms with E-state index in [2.05, 4.69) is 10.3 Å². The first-order chi connectivity index (χ1) is 10.1. The Bertz CT molecular complexity index is 677. The number of carboxylic acid groups (broad SMARTS) is 1. The second kappa shape index (κ2) is 5.95. The zero-order valence-electron chi connectivity index (χ0n) is 11.2. The van der Waals surface area contributed by atoms with Crippen LogP contribution in [-0.2, 0) is 17.8 Å². The lowest BCUT2D eigenvalue weighted by molar-refractivity contribution is -0.123. The molecule has 110 valence electrons. The number of carbonyl (C=O) groups is 2. The van der Waals surface area contributed by atoms with Crippen molar-refractivity contribution in [2.75, 3.05) is 0 Å². The third-order valence-corrected chi connectivity index (χ3v) is 5.40. The molecule has 2 heterocycles. The highest BCUT2D eigenvalue weighted by molar-refractivity contribution is 7.10. The Morgan fingerprint density at radius 3 is 3.05 bits per heavy atom. The molecule has 1 unspecified atom stereocenters. The van der Waals surface area contributed by atoms with E-state index in [-0.39, 0.29) is 24.1 Å². The van der Waals surface area contributed by atoms with Gasteiger partial charge in [0.15, 0.2) is 5.69 Å². The van der Waals surface area contributed by atoms with Crippen molar-refractivity contribution in [3.05, 3.63) is 38.0 Å². The van der Waals surface area contributed by atoms with E-state index >= 15 is 0 Å². The Morgan fingerprint density at radius 1 is 1.43 bits per heavy atom. The van der Waals surface area contributed by atoms with Crippen molar-refractivity contribution in [3.63, 3.8) is 0 Å². The molecule has 2 N–H and O–H groups in total. The molecule has 1 aliphatic carbocycles. The molecule has 1 aliphatic rings. The average molecular weight is 322 g/mol. The second-order valence-electron chi connectivity index (χ2n) is 4.89. The summed E-state index contributed by atoms with van der Waals surface area (Å²) >= 11 is 2.96. The zero-order valence-corrected chi connectivity index (χ0v) is 12.8. The largest absolute Gasteiger partial charge is 0.476 e. The number of carboxylic acids is 1. The summed E-state index contributed by atoms with van der Waals surface area (Å²) in [6.45, 7) is 0.284. The molecule has 0 radical (unpaired) electrons. The fourth-order valence-electron chi connectivity index (χ4n) is 2.54. The van der Waals surface area contributed by atoms with Gasteiger partial charge in [-0.15, -0.1) is 22.7 Å².